The molecule has 0 bridgehead atoms. The first-order valence-corrected chi connectivity index (χ1v) is 7.05. The number of nitrogens with zero attached hydrogens (tertiary/aromatic N) is 1. The summed E-state index contributed by atoms with van der Waals surface area (Å²) in [4.78, 5) is 15.5. The molecule has 1 aromatic carbocycles. The van der Waals surface area contributed by atoms with Gasteiger partial charge in [-0.2, -0.15) is 0 Å². The van der Waals surface area contributed by atoms with Gasteiger partial charge in [0.2, 0.25) is 0 Å². The summed E-state index contributed by atoms with van der Waals surface area (Å²) in [5.74, 6) is 1.91. The quantitative estimate of drug-likeness (QED) is 0.849. The molecular weight excluding hydrogens is 298 g/mol. The fourth-order valence-corrected chi connectivity index (χ4v) is 1.89. The van der Waals surface area contributed by atoms with Crippen LogP contribution >= 0.6 is 0 Å². The summed E-state index contributed by atoms with van der Waals surface area (Å²) in [5.41, 5.74) is 1.36. The zero-order chi connectivity index (χ0) is 16.7. The molecule has 1 heterocycles. The van der Waals surface area contributed by atoms with E-state index in [-0.39, 0.29) is 0 Å². The minimum atomic E-state index is -0.505. The summed E-state index contributed by atoms with van der Waals surface area (Å²) < 4.78 is 15.2. The van der Waals surface area contributed by atoms with E-state index >= 15 is 0 Å². The second-order valence-corrected chi connectivity index (χ2v) is 4.47. The summed E-state index contributed by atoms with van der Waals surface area (Å²) in [7, 11) is 3.16. The van der Waals surface area contributed by atoms with Crippen LogP contribution in [0.5, 0.6) is 11.5 Å². The van der Waals surface area contributed by atoms with E-state index in [9.17, 15) is 4.79 Å². The number of rotatable bonds is 6. The first-order chi connectivity index (χ1) is 11.2. The lowest BCUT2D eigenvalue weighted by atomic mass is 10.2. The number of aromatic nitrogens is 1. The maximum absolute atomic E-state index is 11.3. The molecule has 0 aliphatic heterocycles. The lowest BCUT2D eigenvalue weighted by Crippen LogP contribution is -2.13. The molecule has 0 saturated heterocycles. The molecule has 0 unspecified atom stereocenters. The normalized spacial score (nSPS) is 9.87. The number of carbonyl (C=O) groups is 1. The smallest absolute Gasteiger partial charge is 0.411 e. The Morgan fingerprint density at radius 3 is 2.43 bits per heavy atom. The number of anilines is 3. The monoisotopic (exact) mass is 317 g/mol. The van der Waals surface area contributed by atoms with E-state index in [2.05, 4.69) is 15.6 Å². The van der Waals surface area contributed by atoms with Crippen molar-refractivity contribution in [2.45, 2.75) is 6.92 Å². The molecule has 122 valence electrons. The average Bonchev–Trinajstić information content (AvgIpc) is 2.56. The molecular formula is C16H19N3O4. The van der Waals surface area contributed by atoms with Crippen LogP contribution in [0.2, 0.25) is 0 Å². The Balaban J connectivity index is 2.04. The van der Waals surface area contributed by atoms with Crippen LogP contribution in [0.25, 0.3) is 0 Å². The lowest BCUT2D eigenvalue weighted by Gasteiger charge is -2.11. The fraction of sp³-hybridized carbons (Fsp3) is 0.250. The Kier molecular flexibility index (Phi) is 5.62. The van der Waals surface area contributed by atoms with Gasteiger partial charge in [0.1, 0.15) is 5.82 Å². The molecule has 0 fully saturated rings. The van der Waals surface area contributed by atoms with Crippen molar-refractivity contribution in [3.8, 4) is 11.5 Å². The molecule has 0 atom stereocenters. The van der Waals surface area contributed by atoms with E-state index in [1.165, 1.54) is 0 Å². The van der Waals surface area contributed by atoms with Gasteiger partial charge in [-0.3, -0.25) is 5.32 Å². The maximum atomic E-state index is 11.3. The van der Waals surface area contributed by atoms with Gasteiger partial charge in [0.05, 0.1) is 32.7 Å². The van der Waals surface area contributed by atoms with Gasteiger partial charge in [-0.15, -0.1) is 0 Å². The van der Waals surface area contributed by atoms with Gasteiger partial charge >= 0.3 is 6.09 Å². The molecule has 1 amide bonds. The van der Waals surface area contributed by atoms with Crippen molar-refractivity contribution < 1.29 is 19.0 Å². The van der Waals surface area contributed by atoms with E-state index < -0.39 is 6.09 Å². The maximum Gasteiger partial charge on any atom is 0.411 e. The number of amides is 1. The van der Waals surface area contributed by atoms with Gasteiger partial charge in [-0.25, -0.2) is 9.78 Å². The van der Waals surface area contributed by atoms with Crippen molar-refractivity contribution in [3.63, 3.8) is 0 Å². The minimum absolute atomic E-state index is 0.318. The molecule has 7 heteroatoms. The zero-order valence-corrected chi connectivity index (χ0v) is 13.3. The standard InChI is InChI=1S/C16H19N3O4/c1-4-23-16(20)19-12-6-8-15(17-10-12)18-11-5-7-13(21-2)14(9-11)22-3/h5-10H,4H2,1-3H3,(H,17,18)(H,19,20). The SMILES string of the molecule is CCOC(=O)Nc1ccc(Nc2ccc(OC)c(OC)c2)nc1. The number of ether oxygens (including phenoxy) is 3. The summed E-state index contributed by atoms with van der Waals surface area (Å²) in [6.45, 7) is 2.06. The highest BCUT2D eigenvalue weighted by molar-refractivity contribution is 5.84. The zero-order valence-electron chi connectivity index (χ0n) is 13.3. The summed E-state index contributed by atoms with van der Waals surface area (Å²) in [6.07, 6.45) is 1.04. The van der Waals surface area contributed by atoms with Gasteiger partial charge < -0.3 is 19.5 Å². The van der Waals surface area contributed by atoms with Crippen LogP contribution in [0.4, 0.5) is 22.0 Å². The molecule has 7 nitrogen and oxygen atoms in total. The van der Waals surface area contributed by atoms with Crippen molar-refractivity contribution in [2.75, 3.05) is 31.5 Å². The van der Waals surface area contributed by atoms with Gasteiger partial charge in [-0.05, 0) is 31.2 Å². The topological polar surface area (TPSA) is 81.7 Å². The van der Waals surface area contributed by atoms with E-state index in [0.717, 1.165) is 5.69 Å². The molecule has 2 rings (SSSR count). The molecule has 0 radical (unpaired) electrons. The first kappa shape index (κ1) is 16.4. The Morgan fingerprint density at radius 1 is 1.09 bits per heavy atom. The van der Waals surface area contributed by atoms with Gasteiger partial charge in [0.15, 0.2) is 11.5 Å². The molecule has 0 aliphatic rings. The average molecular weight is 317 g/mol. The minimum Gasteiger partial charge on any atom is -0.493 e. The van der Waals surface area contributed by atoms with E-state index in [1.54, 1.807) is 45.5 Å². The number of benzene rings is 1. The lowest BCUT2D eigenvalue weighted by molar-refractivity contribution is 0.168. The van der Waals surface area contributed by atoms with Crippen LogP contribution in [0, 0.1) is 0 Å². The van der Waals surface area contributed by atoms with E-state index in [4.69, 9.17) is 14.2 Å². The van der Waals surface area contributed by atoms with Crippen LogP contribution in [0.1, 0.15) is 6.92 Å². The molecule has 1 aromatic heterocycles. The van der Waals surface area contributed by atoms with Gasteiger partial charge in [0.25, 0.3) is 0 Å². The number of hydrogen-bond donors (Lipinski definition) is 2. The van der Waals surface area contributed by atoms with Crippen molar-refractivity contribution in [2.24, 2.45) is 0 Å². The highest BCUT2D eigenvalue weighted by atomic mass is 16.5. The highest BCUT2D eigenvalue weighted by Crippen LogP contribution is 2.30. The summed E-state index contributed by atoms with van der Waals surface area (Å²) in [5, 5.41) is 5.72. The predicted molar refractivity (Wildman–Crippen MR) is 87.7 cm³/mol. The molecule has 0 aliphatic carbocycles. The second kappa shape index (κ2) is 7.88. The highest BCUT2D eigenvalue weighted by Gasteiger charge is 2.06. The Bertz CT molecular complexity index is 659. The number of nitrogens with one attached hydrogen (secondary N) is 2. The molecule has 0 spiro atoms. The number of carbonyl (C=O) groups excluding carboxylic acids is 1. The fourth-order valence-electron chi connectivity index (χ4n) is 1.89. The van der Waals surface area contributed by atoms with Crippen molar-refractivity contribution >= 4 is 23.3 Å². The molecule has 2 aromatic rings. The molecule has 0 saturated carbocycles. The third-order valence-electron chi connectivity index (χ3n) is 2.94. The van der Waals surface area contributed by atoms with Crippen LogP contribution in [-0.4, -0.2) is 31.9 Å². The molecule has 23 heavy (non-hydrogen) atoms. The summed E-state index contributed by atoms with van der Waals surface area (Å²) in [6, 6.07) is 8.95. The third kappa shape index (κ3) is 4.50. The predicted octanol–water partition coefficient (Wildman–Crippen LogP) is 3.41. The second-order valence-electron chi connectivity index (χ2n) is 4.47. The van der Waals surface area contributed by atoms with E-state index in [0.29, 0.717) is 29.6 Å². The van der Waals surface area contributed by atoms with Gasteiger partial charge in [0, 0.05) is 11.8 Å². The van der Waals surface area contributed by atoms with Crippen molar-refractivity contribution in [1.29, 1.82) is 0 Å². The van der Waals surface area contributed by atoms with Crippen LogP contribution in [0.3, 0.4) is 0 Å². The van der Waals surface area contributed by atoms with Crippen molar-refractivity contribution in [3.05, 3.63) is 36.5 Å². The Hall–Kier alpha value is -2.96. The number of hydrogen-bond acceptors (Lipinski definition) is 6. The van der Waals surface area contributed by atoms with Crippen LogP contribution in [-0.2, 0) is 4.74 Å². The first-order valence-electron chi connectivity index (χ1n) is 7.05. The third-order valence-corrected chi connectivity index (χ3v) is 2.94. The van der Waals surface area contributed by atoms with E-state index in [1.807, 2.05) is 12.1 Å². The molecule has 2 N–H and O–H groups in total. The largest absolute Gasteiger partial charge is 0.493 e. The Labute approximate surface area is 134 Å². The van der Waals surface area contributed by atoms with Crippen LogP contribution in [0.15, 0.2) is 36.5 Å². The van der Waals surface area contributed by atoms with Gasteiger partial charge in [-0.1, -0.05) is 0 Å². The van der Waals surface area contributed by atoms with Crippen molar-refractivity contribution in [1.82, 2.24) is 4.98 Å². The number of pyridine rings is 1. The Morgan fingerprint density at radius 2 is 1.83 bits per heavy atom. The van der Waals surface area contributed by atoms with Crippen LogP contribution < -0.4 is 20.1 Å². The number of methoxy groups -OCH3 is 2. The summed E-state index contributed by atoms with van der Waals surface area (Å²) >= 11 is 0.